The molecule has 3 N–H and O–H groups in total. The lowest BCUT2D eigenvalue weighted by molar-refractivity contribution is -0.385. The summed E-state index contributed by atoms with van der Waals surface area (Å²) in [5, 5.41) is 23.3. The van der Waals surface area contributed by atoms with E-state index in [1.807, 2.05) is 11.5 Å². The van der Waals surface area contributed by atoms with Crippen molar-refractivity contribution in [2.45, 2.75) is 31.6 Å². The number of aryl methyl sites for hydroxylation is 2. The highest BCUT2D eigenvalue weighted by Gasteiger charge is 2.14. The van der Waals surface area contributed by atoms with E-state index in [1.165, 1.54) is 28.8 Å². The number of hydrazine groups is 1. The second kappa shape index (κ2) is 7.69. The van der Waals surface area contributed by atoms with E-state index in [1.54, 1.807) is 0 Å². The van der Waals surface area contributed by atoms with E-state index in [0.717, 1.165) is 5.82 Å². The van der Waals surface area contributed by atoms with Crippen LogP contribution < -0.4 is 11.3 Å². The first-order valence-corrected chi connectivity index (χ1v) is 7.74. The second-order valence-corrected chi connectivity index (χ2v) is 5.41. The first kappa shape index (κ1) is 16.9. The number of hydrogen-bond donors (Lipinski definition) is 2. The molecule has 0 aliphatic rings. The second-order valence-electron chi connectivity index (χ2n) is 4.47. The number of thioether (sulfide) groups is 1. The Balaban J connectivity index is 2.00. The molecule has 0 saturated heterocycles. The normalized spacial score (nSPS) is 10.7. The lowest BCUT2D eigenvalue weighted by Gasteiger charge is -2.07. The first-order valence-electron chi connectivity index (χ1n) is 6.76. The van der Waals surface area contributed by atoms with Gasteiger partial charge in [-0.15, -0.1) is 10.2 Å². The predicted octanol–water partition coefficient (Wildman–Crippen LogP) is -0.273. The molecule has 0 bridgehead atoms. The van der Waals surface area contributed by atoms with Crippen molar-refractivity contribution in [3.63, 3.8) is 0 Å². The van der Waals surface area contributed by atoms with E-state index in [9.17, 15) is 14.9 Å². The van der Waals surface area contributed by atoms with Gasteiger partial charge in [-0.05, 0) is 6.92 Å². The number of carbonyl (C=O) groups is 1. The molecular formula is C11H16N8O3S. The number of nitrogens with two attached hydrogens (primary N) is 1. The molecule has 0 aromatic carbocycles. The molecule has 0 spiro atoms. The molecule has 23 heavy (non-hydrogen) atoms. The fourth-order valence-electron chi connectivity index (χ4n) is 1.88. The van der Waals surface area contributed by atoms with Gasteiger partial charge >= 0.3 is 5.69 Å². The van der Waals surface area contributed by atoms with Crippen molar-refractivity contribution >= 4 is 23.4 Å². The number of nitro groups is 1. The number of rotatable bonds is 8. The van der Waals surface area contributed by atoms with Gasteiger partial charge < -0.3 is 4.57 Å². The summed E-state index contributed by atoms with van der Waals surface area (Å²) < 4.78 is 3.37. The fraction of sp³-hybridized carbons (Fsp3) is 0.455. The smallest absolute Gasteiger partial charge is 0.306 e. The van der Waals surface area contributed by atoms with Crippen LogP contribution in [0.4, 0.5) is 5.69 Å². The maximum Gasteiger partial charge on any atom is 0.306 e. The van der Waals surface area contributed by atoms with Gasteiger partial charge in [0.2, 0.25) is 5.91 Å². The quantitative estimate of drug-likeness (QED) is 0.219. The summed E-state index contributed by atoms with van der Waals surface area (Å²) in [7, 11) is 0. The number of amides is 1. The highest BCUT2D eigenvalue weighted by atomic mass is 32.2. The van der Waals surface area contributed by atoms with E-state index in [0.29, 0.717) is 24.7 Å². The lowest BCUT2D eigenvalue weighted by Crippen LogP contribution is -2.31. The molecule has 12 heteroatoms. The van der Waals surface area contributed by atoms with Crippen LogP contribution >= 0.6 is 11.8 Å². The van der Waals surface area contributed by atoms with Gasteiger partial charge in [0.1, 0.15) is 18.2 Å². The summed E-state index contributed by atoms with van der Waals surface area (Å²) >= 11 is 1.24. The van der Waals surface area contributed by atoms with Crippen molar-refractivity contribution in [3.05, 3.63) is 28.3 Å². The van der Waals surface area contributed by atoms with Gasteiger partial charge in [-0.1, -0.05) is 11.8 Å². The summed E-state index contributed by atoms with van der Waals surface area (Å²) in [4.78, 5) is 21.3. The molecule has 2 aromatic heterocycles. The third-order valence-corrected chi connectivity index (χ3v) is 3.96. The molecule has 0 atom stereocenters. The SMILES string of the molecule is CCn1c(CCn2cc([N+](=O)[O-])cn2)nnc1SCC(=O)NN. The lowest BCUT2D eigenvalue weighted by atomic mass is 10.4. The zero-order valence-corrected chi connectivity index (χ0v) is 13.2. The van der Waals surface area contributed by atoms with Crippen LogP contribution in [0.15, 0.2) is 17.6 Å². The molecule has 11 nitrogen and oxygen atoms in total. The number of hydrogen-bond acceptors (Lipinski definition) is 8. The van der Waals surface area contributed by atoms with E-state index < -0.39 is 4.92 Å². The molecule has 2 heterocycles. The average molecular weight is 340 g/mol. The highest BCUT2D eigenvalue weighted by Crippen LogP contribution is 2.17. The van der Waals surface area contributed by atoms with Crippen LogP contribution in [0.5, 0.6) is 0 Å². The summed E-state index contributed by atoms with van der Waals surface area (Å²) in [5.74, 6) is 5.61. The Kier molecular flexibility index (Phi) is 5.65. The number of nitrogens with zero attached hydrogens (tertiary/aromatic N) is 6. The summed E-state index contributed by atoms with van der Waals surface area (Å²) in [6.07, 6.45) is 3.09. The van der Waals surface area contributed by atoms with E-state index >= 15 is 0 Å². The van der Waals surface area contributed by atoms with Crippen LogP contribution in [-0.2, 0) is 24.3 Å². The van der Waals surface area contributed by atoms with Crippen molar-refractivity contribution in [2.75, 3.05) is 5.75 Å². The predicted molar refractivity (Wildman–Crippen MR) is 81.3 cm³/mol. The standard InChI is InChI=1S/C11H16N8O3S/c1-2-18-9(15-16-11(18)23-7-10(20)14-12)3-4-17-6-8(5-13-17)19(21)22/h5-6H,2-4,7,12H2,1H3,(H,14,20). The van der Waals surface area contributed by atoms with Gasteiger partial charge in [0.05, 0.1) is 10.7 Å². The summed E-state index contributed by atoms with van der Waals surface area (Å²) in [5.41, 5.74) is 2.00. The van der Waals surface area contributed by atoms with Crippen LogP contribution in [0, 0.1) is 10.1 Å². The molecule has 1 amide bonds. The van der Waals surface area contributed by atoms with Crippen LogP contribution in [0.25, 0.3) is 0 Å². The Morgan fingerprint density at radius 1 is 1.52 bits per heavy atom. The van der Waals surface area contributed by atoms with E-state index in [2.05, 4.69) is 20.7 Å². The minimum atomic E-state index is -0.491. The third kappa shape index (κ3) is 4.26. The zero-order chi connectivity index (χ0) is 16.8. The van der Waals surface area contributed by atoms with Crippen molar-refractivity contribution in [1.82, 2.24) is 30.0 Å². The molecule has 2 rings (SSSR count). The Bertz CT molecular complexity index is 697. The average Bonchev–Trinajstić information content (AvgIpc) is 3.16. The Labute approximate surface area is 135 Å². The topological polar surface area (TPSA) is 147 Å². The van der Waals surface area contributed by atoms with Gasteiger partial charge in [0.25, 0.3) is 0 Å². The van der Waals surface area contributed by atoms with Crippen molar-refractivity contribution in [2.24, 2.45) is 5.84 Å². The number of aromatic nitrogens is 5. The maximum atomic E-state index is 11.2. The molecule has 0 unspecified atom stereocenters. The Morgan fingerprint density at radius 2 is 2.30 bits per heavy atom. The highest BCUT2D eigenvalue weighted by molar-refractivity contribution is 7.99. The fourth-order valence-corrected chi connectivity index (χ4v) is 2.72. The van der Waals surface area contributed by atoms with Gasteiger partial charge in [-0.2, -0.15) is 5.10 Å². The van der Waals surface area contributed by atoms with Crippen molar-refractivity contribution < 1.29 is 9.72 Å². The minimum Gasteiger partial charge on any atom is -0.306 e. The maximum absolute atomic E-state index is 11.2. The third-order valence-electron chi connectivity index (χ3n) is 3.00. The molecule has 124 valence electrons. The zero-order valence-electron chi connectivity index (χ0n) is 12.4. The van der Waals surface area contributed by atoms with Crippen LogP contribution in [0.1, 0.15) is 12.7 Å². The van der Waals surface area contributed by atoms with Crippen molar-refractivity contribution in [3.8, 4) is 0 Å². The van der Waals surface area contributed by atoms with Gasteiger partial charge in [0, 0.05) is 19.5 Å². The van der Waals surface area contributed by atoms with Crippen molar-refractivity contribution in [1.29, 1.82) is 0 Å². The number of nitrogens with one attached hydrogen (secondary N) is 1. The van der Waals surface area contributed by atoms with Crippen LogP contribution in [0.3, 0.4) is 0 Å². The minimum absolute atomic E-state index is 0.0500. The van der Waals surface area contributed by atoms with E-state index in [-0.39, 0.29) is 17.3 Å². The molecule has 2 aromatic rings. The molecule has 0 fully saturated rings. The van der Waals surface area contributed by atoms with Gasteiger partial charge in [0.15, 0.2) is 5.16 Å². The monoisotopic (exact) mass is 340 g/mol. The van der Waals surface area contributed by atoms with Crippen LogP contribution in [-0.4, -0.2) is 41.1 Å². The van der Waals surface area contributed by atoms with Crippen LogP contribution in [0.2, 0.25) is 0 Å². The largest absolute Gasteiger partial charge is 0.306 e. The van der Waals surface area contributed by atoms with E-state index in [4.69, 9.17) is 5.84 Å². The molecular weight excluding hydrogens is 324 g/mol. The first-order chi connectivity index (χ1) is 11.0. The molecule has 0 radical (unpaired) electrons. The van der Waals surface area contributed by atoms with Gasteiger partial charge in [-0.3, -0.25) is 25.0 Å². The van der Waals surface area contributed by atoms with Gasteiger partial charge in [-0.25, -0.2) is 5.84 Å². The molecule has 0 aliphatic carbocycles. The summed E-state index contributed by atoms with van der Waals surface area (Å²) in [6.45, 7) is 3.03. The molecule has 0 saturated carbocycles. The Hall–Kier alpha value is -2.47. The number of carbonyl (C=O) groups excluding carboxylic acids is 1. The summed E-state index contributed by atoms with van der Waals surface area (Å²) in [6, 6.07) is 0. The Morgan fingerprint density at radius 3 is 2.91 bits per heavy atom. The molecule has 0 aliphatic heterocycles.